The Hall–Kier alpha value is -3.16. The molecule has 5 N–H and O–H groups in total. The SMILES string of the molecule is CCNC(=O)Nc1cnc(C(N)=O)c(Nc2cc(C)cc(C)n2)c1. The average Bonchev–Trinajstić information content (AvgIpc) is 2.46. The number of nitrogens with zero attached hydrogens (tertiary/aromatic N) is 2. The summed E-state index contributed by atoms with van der Waals surface area (Å²) in [6, 6.07) is 5.00. The third-order valence-electron chi connectivity index (χ3n) is 3.08. The van der Waals surface area contributed by atoms with Gasteiger partial charge in [-0.3, -0.25) is 4.79 Å². The van der Waals surface area contributed by atoms with Crippen LogP contribution in [0.2, 0.25) is 0 Å². The first-order chi connectivity index (χ1) is 11.4. The molecule has 0 bridgehead atoms. The summed E-state index contributed by atoms with van der Waals surface area (Å²) in [6.45, 7) is 6.13. The molecule has 24 heavy (non-hydrogen) atoms. The number of anilines is 3. The minimum Gasteiger partial charge on any atom is -0.364 e. The summed E-state index contributed by atoms with van der Waals surface area (Å²) >= 11 is 0. The first-order valence-corrected chi connectivity index (χ1v) is 7.46. The number of rotatable bonds is 5. The first-order valence-electron chi connectivity index (χ1n) is 7.46. The molecule has 8 heteroatoms. The van der Waals surface area contributed by atoms with Crippen LogP contribution in [0.15, 0.2) is 24.4 Å². The number of carbonyl (C=O) groups is 2. The van der Waals surface area contributed by atoms with E-state index in [1.807, 2.05) is 32.9 Å². The van der Waals surface area contributed by atoms with E-state index in [4.69, 9.17) is 5.73 Å². The summed E-state index contributed by atoms with van der Waals surface area (Å²) in [7, 11) is 0. The molecule has 2 aromatic heterocycles. The average molecular weight is 328 g/mol. The van der Waals surface area contributed by atoms with E-state index in [1.54, 1.807) is 6.07 Å². The summed E-state index contributed by atoms with van der Waals surface area (Å²) in [5, 5.41) is 8.28. The number of aryl methyl sites for hydroxylation is 2. The second-order valence-electron chi connectivity index (χ2n) is 5.26. The molecule has 0 atom stereocenters. The van der Waals surface area contributed by atoms with Gasteiger partial charge >= 0.3 is 6.03 Å². The standard InChI is InChI=1S/C16H20N6O2/c1-4-18-16(24)21-11-7-12(14(15(17)23)19-8-11)22-13-6-9(2)5-10(3)20-13/h5-8H,4H2,1-3H3,(H2,17,23)(H,20,22)(H2,18,21,24). The van der Waals surface area contributed by atoms with Crippen molar-refractivity contribution in [1.82, 2.24) is 15.3 Å². The van der Waals surface area contributed by atoms with Crippen LogP contribution in [-0.4, -0.2) is 28.5 Å². The molecule has 0 aliphatic rings. The van der Waals surface area contributed by atoms with Crippen molar-refractivity contribution in [2.24, 2.45) is 5.73 Å². The normalized spacial score (nSPS) is 10.1. The molecule has 8 nitrogen and oxygen atoms in total. The van der Waals surface area contributed by atoms with E-state index in [0.717, 1.165) is 11.3 Å². The number of carbonyl (C=O) groups excluding carboxylic acids is 2. The van der Waals surface area contributed by atoms with Crippen LogP contribution in [-0.2, 0) is 0 Å². The Morgan fingerprint density at radius 3 is 2.58 bits per heavy atom. The molecule has 0 saturated heterocycles. The number of aromatic nitrogens is 2. The molecule has 0 unspecified atom stereocenters. The molecule has 2 heterocycles. The lowest BCUT2D eigenvalue weighted by Gasteiger charge is -2.12. The van der Waals surface area contributed by atoms with Crippen LogP contribution in [0.5, 0.6) is 0 Å². The van der Waals surface area contributed by atoms with Gasteiger partial charge in [-0.2, -0.15) is 0 Å². The summed E-state index contributed by atoms with van der Waals surface area (Å²) in [6.07, 6.45) is 1.37. The molecule has 126 valence electrons. The number of nitrogens with two attached hydrogens (primary N) is 1. The third-order valence-corrected chi connectivity index (χ3v) is 3.08. The maximum atomic E-state index is 11.6. The molecule has 2 aromatic rings. The summed E-state index contributed by atoms with van der Waals surface area (Å²) in [5.74, 6) is -0.113. The number of hydrogen-bond acceptors (Lipinski definition) is 5. The summed E-state index contributed by atoms with van der Waals surface area (Å²) in [4.78, 5) is 31.6. The molecular formula is C16H20N6O2. The number of urea groups is 1. The Balaban J connectivity index is 2.34. The van der Waals surface area contributed by atoms with Gasteiger partial charge in [0.15, 0.2) is 5.69 Å². The van der Waals surface area contributed by atoms with E-state index in [9.17, 15) is 9.59 Å². The predicted molar refractivity (Wildman–Crippen MR) is 92.4 cm³/mol. The quantitative estimate of drug-likeness (QED) is 0.669. The molecule has 0 radical (unpaired) electrons. The predicted octanol–water partition coefficient (Wildman–Crippen LogP) is 2.08. The molecule has 0 aromatic carbocycles. The highest BCUT2D eigenvalue weighted by atomic mass is 16.2. The van der Waals surface area contributed by atoms with Crippen LogP contribution in [0.1, 0.15) is 28.7 Å². The minimum atomic E-state index is -0.675. The van der Waals surface area contributed by atoms with Crippen molar-refractivity contribution < 1.29 is 9.59 Å². The molecule has 2 rings (SSSR count). The van der Waals surface area contributed by atoms with E-state index < -0.39 is 5.91 Å². The monoisotopic (exact) mass is 328 g/mol. The van der Waals surface area contributed by atoms with Crippen LogP contribution in [0.25, 0.3) is 0 Å². The van der Waals surface area contributed by atoms with Crippen molar-refractivity contribution in [1.29, 1.82) is 0 Å². The van der Waals surface area contributed by atoms with E-state index in [-0.39, 0.29) is 11.7 Å². The molecule has 0 spiro atoms. The van der Waals surface area contributed by atoms with Crippen molar-refractivity contribution in [3.8, 4) is 0 Å². The van der Waals surface area contributed by atoms with Crippen LogP contribution in [0.4, 0.5) is 22.0 Å². The van der Waals surface area contributed by atoms with Crippen LogP contribution in [0, 0.1) is 13.8 Å². The summed E-state index contributed by atoms with van der Waals surface area (Å²) in [5.41, 5.74) is 8.09. The fourth-order valence-electron chi connectivity index (χ4n) is 2.20. The van der Waals surface area contributed by atoms with Gasteiger partial charge in [0.1, 0.15) is 5.82 Å². The first kappa shape index (κ1) is 17.2. The second kappa shape index (κ2) is 7.40. The maximum absolute atomic E-state index is 11.6. The van der Waals surface area contributed by atoms with Gasteiger partial charge < -0.3 is 21.7 Å². The van der Waals surface area contributed by atoms with Crippen molar-refractivity contribution in [3.05, 3.63) is 41.3 Å². The Labute approximate surface area is 139 Å². The summed E-state index contributed by atoms with van der Waals surface area (Å²) < 4.78 is 0. The maximum Gasteiger partial charge on any atom is 0.319 e. The van der Waals surface area contributed by atoms with Gasteiger partial charge in [-0.05, 0) is 44.5 Å². The molecule has 0 fully saturated rings. The Kier molecular flexibility index (Phi) is 5.31. The van der Waals surface area contributed by atoms with E-state index in [2.05, 4.69) is 25.9 Å². The van der Waals surface area contributed by atoms with Crippen molar-refractivity contribution in [3.63, 3.8) is 0 Å². The van der Waals surface area contributed by atoms with Crippen LogP contribution < -0.4 is 21.7 Å². The van der Waals surface area contributed by atoms with Gasteiger partial charge in [0.25, 0.3) is 5.91 Å². The van der Waals surface area contributed by atoms with Crippen LogP contribution in [0.3, 0.4) is 0 Å². The smallest absolute Gasteiger partial charge is 0.319 e. The lowest BCUT2D eigenvalue weighted by atomic mass is 10.2. The molecule has 0 saturated carbocycles. The van der Waals surface area contributed by atoms with Gasteiger partial charge in [0.2, 0.25) is 0 Å². The Morgan fingerprint density at radius 2 is 1.96 bits per heavy atom. The lowest BCUT2D eigenvalue weighted by Crippen LogP contribution is -2.28. The zero-order valence-corrected chi connectivity index (χ0v) is 13.8. The van der Waals surface area contributed by atoms with Gasteiger partial charge in [0, 0.05) is 12.2 Å². The fourth-order valence-corrected chi connectivity index (χ4v) is 2.20. The minimum absolute atomic E-state index is 0.0670. The van der Waals surface area contributed by atoms with Gasteiger partial charge in [-0.25, -0.2) is 14.8 Å². The molecule has 0 aliphatic carbocycles. The largest absolute Gasteiger partial charge is 0.364 e. The topological polar surface area (TPSA) is 122 Å². The number of hydrogen-bond donors (Lipinski definition) is 4. The highest BCUT2D eigenvalue weighted by Gasteiger charge is 2.13. The second-order valence-corrected chi connectivity index (χ2v) is 5.26. The Bertz CT molecular complexity index is 755. The fraction of sp³-hybridized carbons (Fsp3) is 0.250. The van der Waals surface area contributed by atoms with Gasteiger partial charge in [0.05, 0.1) is 17.6 Å². The number of nitrogens with one attached hydrogen (secondary N) is 3. The molecule has 3 amide bonds. The van der Waals surface area contributed by atoms with Gasteiger partial charge in [-0.15, -0.1) is 0 Å². The lowest BCUT2D eigenvalue weighted by molar-refractivity contribution is 0.0996. The van der Waals surface area contributed by atoms with E-state index in [0.29, 0.717) is 23.7 Å². The molecular weight excluding hydrogens is 308 g/mol. The highest BCUT2D eigenvalue weighted by molar-refractivity contribution is 5.98. The zero-order valence-electron chi connectivity index (χ0n) is 13.8. The van der Waals surface area contributed by atoms with E-state index in [1.165, 1.54) is 6.20 Å². The van der Waals surface area contributed by atoms with Crippen molar-refractivity contribution >= 4 is 29.1 Å². The van der Waals surface area contributed by atoms with Crippen LogP contribution >= 0.6 is 0 Å². The van der Waals surface area contributed by atoms with Crippen molar-refractivity contribution in [2.45, 2.75) is 20.8 Å². The molecule has 0 aliphatic heterocycles. The number of pyridine rings is 2. The zero-order chi connectivity index (χ0) is 17.7. The Morgan fingerprint density at radius 1 is 1.21 bits per heavy atom. The highest BCUT2D eigenvalue weighted by Crippen LogP contribution is 2.22. The number of amides is 3. The number of primary amides is 1. The third kappa shape index (κ3) is 4.42. The van der Waals surface area contributed by atoms with Gasteiger partial charge in [-0.1, -0.05) is 0 Å². The van der Waals surface area contributed by atoms with Crippen molar-refractivity contribution in [2.75, 3.05) is 17.2 Å². The van der Waals surface area contributed by atoms with E-state index >= 15 is 0 Å².